The van der Waals surface area contributed by atoms with Crippen LogP contribution in [0.5, 0.6) is 5.75 Å². The van der Waals surface area contributed by atoms with Crippen molar-refractivity contribution in [3.8, 4) is 5.75 Å². The van der Waals surface area contributed by atoms with Gasteiger partial charge < -0.3 is 4.74 Å². The van der Waals surface area contributed by atoms with Crippen LogP contribution in [0.3, 0.4) is 0 Å². The van der Waals surface area contributed by atoms with Gasteiger partial charge in [0, 0.05) is 22.5 Å². The first-order chi connectivity index (χ1) is 8.49. The Kier molecular flexibility index (Phi) is 5.59. The second-order valence-corrected chi connectivity index (χ2v) is 5.75. The van der Waals surface area contributed by atoms with Crippen LogP contribution in [0.1, 0.15) is 25.8 Å². The molecule has 0 bridgehead atoms. The molecule has 5 heteroatoms. The maximum atomic E-state index is 10.8. The van der Waals surface area contributed by atoms with Gasteiger partial charge in [-0.3, -0.25) is 10.1 Å². The Morgan fingerprint density at radius 1 is 1.50 bits per heavy atom. The van der Waals surface area contributed by atoms with E-state index in [1.54, 1.807) is 19.2 Å². The SMILES string of the molecule is CCC(Cc1cc([N+](=O)[O-])ccc1OC)C(C)Br. The van der Waals surface area contributed by atoms with Crippen molar-refractivity contribution >= 4 is 21.6 Å². The summed E-state index contributed by atoms with van der Waals surface area (Å²) in [5.41, 5.74) is 1.01. The summed E-state index contributed by atoms with van der Waals surface area (Å²) >= 11 is 3.58. The molecule has 0 radical (unpaired) electrons. The lowest BCUT2D eigenvalue weighted by molar-refractivity contribution is -0.384. The van der Waals surface area contributed by atoms with E-state index < -0.39 is 0 Å². The summed E-state index contributed by atoms with van der Waals surface area (Å²) in [5.74, 6) is 1.15. The van der Waals surface area contributed by atoms with Gasteiger partial charge in [0.2, 0.25) is 0 Å². The van der Waals surface area contributed by atoms with E-state index in [2.05, 4.69) is 29.8 Å². The molecule has 0 saturated carbocycles. The number of non-ortho nitro benzene ring substituents is 1. The smallest absolute Gasteiger partial charge is 0.269 e. The second-order valence-electron chi connectivity index (χ2n) is 4.30. The third-order valence-electron chi connectivity index (χ3n) is 3.13. The molecule has 0 spiro atoms. The molecule has 18 heavy (non-hydrogen) atoms. The minimum absolute atomic E-state index is 0.114. The van der Waals surface area contributed by atoms with Gasteiger partial charge in [-0.15, -0.1) is 0 Å². The molecule has 100 valence electrons. The quantitative estimate of drug-likeness (QED) is 0.453. The van der Waals surface area contributed by atoms with Crippen LogP contribution in [0.2, 0.25) is 0 Å². The van der Waals surface area contributed by atoms with E-state index in [4.69, 9.17) is 4.74 Å². The molecular weight excluding hydrogens is 298 g/mol. The summed E-state index contributed by atoms with van der Waals surface area (Å²) in [4.78, 5) is 10.8. The van der Waals surface area contributed by atoms with E-state index in [1.165, 1.54) is 6.07 Å². The maximum absolute atomic E-state index is 10.8. The van der Waals surface area contributed by atoms with Crippen molar-refractivity contribution in [3.63, 3.8) is 0 Å². The van der Waals surface area contributed by atoms with E-state index in [0.29, 0.717) is 16.5 Å². The molecular formula is C13H18BrNO3. The molecule has 2 atom stereocenters. The highest BCUT2D eigenvalue weighted by Gasteiger charge is 2.18. The highest BCUT2D eigenvalue weighted by molar-refractivity contribution is 9.09. The second kappa shape index (κ2) is 6.73. The lowest BCUT2D eigenvalue weighted by atomic mass is 9.94. The Morgan fingerprint density at radius 2 is 2.17 bits per heavy atom. The molecule has 0 N–H and O–H groups in total. The van der Waals surface area contributed by atoms with Crippen molar-refractivity contribution in [1.29, 1.82) is 0 Å². The van der Waals surface area contributed by atoms with Crippen LogP contribution in [0.25, 0.3) is 0 Å². The molecule has 1 aromatic rings. The molecule has 0 heterocycles. The van der Waals surface area contributed by atoms with Crippen LogP contribution in [0.15, 0.2) is 18.2 Å². The lowest BCUT2D eigenvalue weighted by Crippen LogP contribution is -2.13. The number of nitrogens with zero attached hydrogens (tertiary/aromatic N) is 1. The molecule has 0 aliphatic rings. The van der Waals surface area contributed by atoms with Crippen molar-refractivity contribution in [2.75, 3.05) is 7.11 Å². The maximum Gasteiger partial charge on any atom is 0.269 e. The number of nitro benzene ring substituents is 1. The highest BCUT2D eigenvalue weighted by atomic mass is 79.9. The predicted molar refractivity (Wildman–Crippen MR) is 75.5 cm³/mol. The number of alkyl halides is 1. The third kappa shape index (κ3) is 3.70. The molecule has 1 aromatic carbocycles. The predicted octanol–water partition coefficient (Wildman–Crippen LogP) is 3.96. The standard InChI is InChI=1S/C13H18BrNO3/c1-4-10(9(2)14)7-11-8-12(15(16)17)5-6-13(11)18-3/h5-6,8-10H,4,7H2,1-3H3. The average molecular weight is 316 g/mol. The number of methoxy groups -OCH3 is 1. The zero-order valence-electron chi connectivity index (χ0n) is 10.9. The molecule has 4 nitrogen and oxygen atoms in total. The Bertz CT molecular complexity index is 421. The van der Waals surface area contributed by atoms with Crippen molar-refractivity contribution in [2.24, 2.45) is 5.92 Å². The van der Waals surface area contributed by atoms with Gasteiger partial charge in [-0.1, -0.05) is 36.2 Å². The molecule has 0 aliphatic heterocycles. The van der Waals surface area contributed by atoms with Gasteiger partial charge in [0.1, 0.15) is 5.75 Å². The van der Waals surface area contributed by atoms with E-state index in [-0.39, 0.29) is 10.6 Å². The fourth-order valence-electron chi connectivity index (χ4n) is 1.95. The molecule has 0 fully saturated rings. The van der Waals surface area contributed by atoms with E-state index in [1.807, 2.05) is 0 Å². The van der Waals surface area contributed by atoms with Crippen LogP contribution in [0, 0.1) is 16.0 Å². The number of hydrogen-bond acceptors (Lipinski definition) is 3. The summed E-state index contributed by atoms with van der Waals surface area (Å²) in [6, 6.07) is 4.75. The first-order valence-corrected chi connectivity index (χ1v) is 6.86. The largest absolute Gasteiger partial charge is 0.496 e. The zero-order chi connectivity index (χ0) is 13.7. The fraction of sp³-hybridized carbons (Fsp3) is 0.538. The zero-order valence-corrected chi connectivity index (χ0v) is 12.4. The minimum atomic E-state index is -0.374. The Hall–Kier alpha value is -1.10. The summed E-state index contributed by atoms with van der Waals surface area (Å²) in [5, 5.41) is 10.8. The Morgan fingerprint density at radius 3 is 2.61 bits per heavy atom. The number of rotatable bonds is 6. The lowest BCUT2D eigenvalue weighted by Gasteiger charge is -2.19. The summed E-state index contributed by atoms with van der Waals surface area (Å²) in [6.45, 7) is 4.21. The van der Waals surface area contributed by atoms with Crippen LogP contribution >= 0.6 is 15.9 Å². The van der Waals surface area contributed by atoms with Crippen molar-refractivity contribution < 1.29 is 9.66 Å². The van der Waals surface area contributed by atoms with Crippen LogP contribution < -0.4 is 4.74 Å². The fourth-order valence-corrected chi connectivity index (χ4v) is 2.51. The molecule has 0 aliphatic carbocycles. The van der Waals surface area contributed by atoms with E-state index in [0.717, 1.165) is 18.4 Å². The number of ether oxygens (including phenoxy) is 1. The Labute approximate surface area is 116 Å². The summed E-state index contributed by atoms with van der Waals surface area (Å²) in [7, 11) is 1.59. The minimum Gasteiger partial charge on any atom is -0.496 e. The normalized spacial score (nSPS) is 14.0. The summed E-state index contributed by atoms with van der Waals surface area (Å²) in [6.07, 6.45) is 1.78. The van der Waals surface area contributed by atoms with Crippen molar-refractivity contribution in [2.45, 2.75) is 31.5 Å². The number of nitro groups is 1. The van der Waals surface area contributed by atoms with Crippen LogP contribution in [-0.2, 0) is 6.42 Å². The Balaban J connectivity index is 3.04. The van der Waals surface area contributed by atoms with Gasteiger partial charge in [-0.05, 0) is 18.4 Å². The number of hydrogen-bond donors (Lipinski definition) is 0. The first-order valence-electron chi connectivity index (χ1n) is 5.95. The van der Waals surface area contributed by atoms with Gasteiger partial charge in [0.15, 0.2) is 0 Å². The van der Waals surface area contributed by atoms with Gasteiger partial charge in [0.25, 0.3) is 5.69 Å². The van der Waals surface area contributed by atoms with Gasteiger partial charge in [0.05, 0.1) is 12.0 Å². The topological polar surface area (TPSA) is 52.4 Å². The average Bonchev–Trinajstić information content (AvgIpc) is 2.35. The van der Waals surface area contributed by atoms with Gasteiger partial charge in [-0.2, -0.15) is 0 Å². The van der Waals surface area contributed by atoms with Crippen molar-refractivity contribution in [3.05, 3.63) is 33.9 Å². The first kappa shape index (κ1) is 15.0. The van der Waals surface area contributed by atoms with Crippen LogP contribution in [-0.4, -0.2) is 16.9 Å². The number of halogens is 1. The van der Waals surface area contributed by atoms with Crippen LogP contribution in [0.4, 0.5) is 5.69 Å². The molecule has 0 saturated heterocycles. The summed E-state index contributed by atoms with van der Waals surface area (Å²) < 4.78 is 5.27. The van der Waals surface area contributed by atoms with Gasteiger partial charge >= 0.3 is 0 Å². The molecule has 2 unspecified atom stereocenters. The van der Waals surface area contributed by atoms with E-state index >= 15 is 0 Å². The van der Waals surface area contributed by atoms with E-state index in [9.17, 15) is 10.1 Å². The molecule has 0 amide bonds. The third-order valence-corrected chi connectivity index (χ3v) is 3.88. The number of benzene rings is 1. The monoisotopic (exact) mass is 315 g/mol. The van der Waals surface area contributed by atoms with Gasteiger partial charge in [-0.25, -0.2) is 0 Å². The highest BCUT2D eigenvalue weighted by Crippen LogP contribution is 2.29. The van der Waals surface area contributed by atoms with Crippen molar-refractivity contribution in [1.82, 2.24) is 0 Å². The molecule has 1 rings (SSSR count). The molecule has 0 aromatic heterocycles.